The highest BCUT2D eigenvalue weighted by molar-refractivity contribution is 7.90. The van der Waals surface area contributed by atoms with Crippen LogP contribution in [0.3, 0.4) is 0 Å². The van der Waals surface area contributed by atoms with Gasteiger partial charge in [-0.3, -0.25) is 9.69 Å². The number of likely N-dealkylation sites (N-methyl/N-ethyl adjacent to an activating group) is 1. The summed E-state index contributed by atoms with van der Waals surface area (Å²) in [6.07, 6.45) is 1.12. The predicted molar refractivity (Wildman–Crippen MR) is 102 cm³/mol. The molecule has 26 heavy (non-hydrogen) atoms. The van der Waals surface area contributed by atoms with E-state index in [1.165, 1.54) is 6.07 Å². The Bertz CT molecular complexity index is 848. The van der Waals surface area contributed by atoms with E-state index in [1.807, 2.05) is 43.1 Å². The Morgan fingerprint density at radius 3 is 2.38 bits per heavy atom. The monoisotopic (exact) mass is 376 g/mol. The highest BCUT2D eigenvalue weighted by Gasteiger charge is 2.15. The molecule has 0 radical (unpaired) electrons. The van der Waals surface area contributed by atoms with E-state index in [0.29, 0.717) is 18.8 Å². The topological polar surface area (TPSA) is 75.7 Å². The van der Waals surface area contributed by atoms with Crippen molar-refractivity contribution in [2.24, 2.45) is 0 Å². The molecular formula is C19H24N2O4S. The van der Waals surface area contributed by atoms with Gasteiger partial charge in [-0.05, 0) is 43.8 Å². The van der Waals surface area contributed by atoms with E-state index in [9.17, 15) is 13.2 Å². The number of nitrogens with zero attached hydrogens (tertiary/aromatic N) is 1. The number of carbonyl (C=O) groups excluding carboxylic acids is 1. The summed E-state index contributed by atoms with van der Waals surface area (Å²) >= 11 is 0. The Morgan fingerprint density at radius 1 is 1.12 bits per heavy atom. The molecule has 7 heteroatoms. The maximum atomic E-state index is 12.3. The number of hydrogen-bond acceptors (Lipinski definition) is 5. The van der Waals surface area contributed by atoms with Crippen molar-refractivity contribution in [1.82, 2.24) is 4.90 Å². The Morgan fingerprint density at radius 2 is 1.77 bits per heavy atom. The van der Waals surface area contributed by atoms with Crippen LogP contribution in [0.5, 0.6) is 5.75 Å². The molecule has 0 heterocycles. The molecule has 1 N–H and O–H groups in total. The molecule has 6 nitrogen and oxygen atoms in total. The molecule has 140 valence electrons. The van der Waals surface area contributed by atoms with Gasteiger partial charge in [0.1, 0.15) is 5.75 Å². The molecule has 0 bridgehead atoms. The Labute approximate surface area is 154 Å². The van der Waals surface area contributed by atoms with Gasteiger partial charge in [0.15, 0.2) is 9.84 Å². The Kier molecular flexibility index (Phi) is 6.76. The van der Waals surface area contributed by atoms with Crippen molar-refractivity contribution in [1.29, 1.82) is 0 Å². The molecule has 2 aromatic carbocycles. The maximum Gasteiger partial charge on any atom is 0.238 e. The van der Waals surface area contributed by atoms with Crippen molar-refractivity contribution in [3.8, 4) is 5.75 Å². The summed E-state index contributed by atoms with van der Waals surface area (Å²) in [5.41, 5.74) is 1.36. The van der Waals surface area contributed by atoms with E-state index in [1.54, 1.807) is 18.2 Å². The smallest absolute Gasteiger partial charge is 0.238 e. The van der Waals surface area contributed by atoms with Gasteiger partial charge in [-0.2, -0.15) is 0 Å². The number of nitrogens with one attached hydrogen (secondary N) is 1. The van der Waals surface area contributed by atoms with E-state index >= 15 is 0 Å². The van der Waals surface area contributed by atoms with Crippen LogP contribution in [0.15, 0.2) is 53.4 Å². The van der Waals surface area contributed by atoms with Crippen LogP contribution in [0, 0.1) is 0 Å². The summed E-state index contributed by atoms with van der Waals surface area (Å²) in [5, 5.41) is 2.68. The first-order valence-electron chi connectivity index (χ1n) is 8.29. The molecule has 0 fully saturated rings. The van der Waals surface area contributed by atoms with Gasteiger partial charge >= 0.3 is 0 Å². The third kappa shape index (κ3) is 5.86. The van der Waals surface area contributed by atoms with Crippen LogP contribution in [0.4, 0.5) is 5.69 Å². The summed E-state index contributed by atoms with van der Waals surface area (Å²) in [5.74, 6) is 0.545. The van der Waals surface area contributed by atoms with E-state index in [0.717, 1.165) is 17.6 Å². The normalized spacial score (nSPS) is 11.4. The van der Waals surface area contributed by atoms with Crippen molar-refractivity contribution in [2.75, 3.05) is 31.8 Å². The fraction of sp³-hybridized carbons (Fsp3) is 0.316. The standard InChI is InChI=1S/C19H24N2O4S/c1-4-25-16-11-9-15(10-12-16)13-21(2)14-19(22)20-17-7-5-6-8-18(17)26(3,23)24/h5-12H,4,13-14H2,1-3H3,(H,20,22). The molecule has 0 saturated heterocycles. The van der Waals surface area contributed by atoms with Crippen LogP contribution in [0.25, 0.3) is 0 Å². The summed E-state index contributed by atoms with van der Waals surface area (Å²) in [6.45, 7) is 3.29. The lowest BCUT2D eigenvalue weighted by Gasteiger charge is -2.17. The van der Waals surface area contributed by atoms with Gasteiger partial charge in [-0.15, -0.1) is 0 Å². The van der Waals surface area contributed by atoms with E-state index in [4.69, 9.17) is 4.74 Å². The number of benzene rings is 2. The lowest BCUT2D eigenvalue weighted by Crippen LogP contribution is -2.30. The van der Waals surface area contributed by atoms with Crippen LogP contribution in [0.2, 0.25) is 0 Å². The minimum Gasteiger partial charge on any atom is -0.494 e. The number of anilines is 1. The fourth-order valence-electron chi connectivity index (χ4n) is 2.55. The van der Waals surface area contributed by atoms with E-state index < -0.39 is 9.84 Å². The Hall–Kier alpha value is -2.38. The molecule has 2 aromatic rings. The number of hydrogen-bond donors (Lipinski definition) is 1. The van der Waals surface area contributed by atoms with Gasteiger partial charge in [0.2, 0.25) is 5.91 Å². The average Bonchev–Trinajstić information content (AvgIpc) is 2.56. The summed E-state index contributed by atoms with van der Waals surface area (Å²) < 4.78 is 29.0. The third-order valence-corrected chi connectivity index (χ3v) is 4.82. The van der Waals surface area contributed by atoms with Gasteiger partial charge in [0.25, 0.3) is 0 Å². The molecule has 0 saturated carbocycles. The number of carbonyl (C=O) groups is 1. The molecule has 0 aliphatic rings. The van der Waals surface area contributed by atoms with Gasteiger partial charge < -0.3 is 10.1 Å². The maximum absolute atomic E-state index is 12.3. The molecule has 0 atom stereocenters. The molecule has 0 unspecified atom stereocenters. The number of para-hydroxylation sites is 1. The van der Waals surface area contributed by atoms with Crippen LogP contribution >= 0.6 is 0 Å². The molecule has 0 aliphatic heterocycles. The van der Waals surface area contributed by atoms with Crippen molar-refractivity contribution in [3.05, 3.63) is 54.1 Å². The van der Waals surface area contributed by atoms with Gasteiger partial charge in [-0.25, -0.2) is 8.42 Å². The zero-order valence-corrected chi connectivity index (χ0v) is 16.0. The first-order chi connectivity index (χ1) is 12.3. The van der Waals surface area contributed by atoms with Crippen molar-refractivity contribution < 1.29 is 17.9 Å². The minimum absolute atomic E-state index is 0.113. The highest BCUT2D eigenvalue weighted by Crippen LogP contribution is 2.20. The lowest BCUT2D eigenvalue weighted by molar-refractivity contribution is -0.117. The predicted octanol–water partition coefficient (Wildman–Crippen LogP) is 2.56. The number of rotatable bonds is 8. The van der Waals surface area contributed by atoms with Crippen molar-refractivity contribution >= 4 is 21.4 Å². The van der Waals surface area contributed by atoms with Crippen LogP contribution in [0.1, 0.15) is 12.5 Å². The molecule has 0 spiro atoms. The molecule has 2 rings (SSSR count). The second-order valence-electron chi connectivity index (χ2n) is 6.07. The van der Waals surface area contributed by atoms with E-state index in [2.05, 4.69) is 5.32 Å². The van der Waals surface area contributed by atoms with Gasteiger partial charge in [0.05, 0.1) is 23.7 Å². The first kappa shape index (κ1) is 19.9. The summed E-state index contributed by atoms with van der Waals surface area (Å²) in [4.78, 5) is 14.2. The lowest BCUT2D eigenvalue weighted by atomic mass is 10.2. The average molecular weight is 376 g/mol. The highest BCUT2D eigenvalue weighted by atomic mass is 32.2. The largest absolute Gasteiger partial charge is 0.494 e. The summed E-state index contributed by atoms with van der Waals surface area (Å²) in [6, 6.07) is 14.1. The number of ether oxygens (including phenoxy) is 1. The Balaban J connectivity index is 1.95. The number of sulfone groups is 1. The minimum atomic E-state index is -3.41. The quantitative estimate of drug-likeness (QED) is 0.766. The SMILES string of the molecule is CCOc1ccc(CN(C)CC(=O)Nc2ccccc2S(C)(=O)=O)cc1. The van der Waals surface area contributed by atoms with Crippen molar-refractivity contribution in [2.45, 2.75) is 18.4 Å². The van der Waals surface area contributed by atoms with Gasteiger partial charge in [0, 0.05) is 12.8 Å². The molecule has 0 aromatic heterocycles. The second kappa shape index (κ2) is 8.82. The first-order valence-corrected chi connectivity index (χ1v) is 10.2. The number of amides is 1. The molecule has 1 amide bonds. The van der Waals surface area contributed by atoms with Gasteiger partial charge in [-0.1, -0.05) is 24.3 Å². The molecular weight excluding hydrogens is 352 g/mol. The van der Waals surface area contributed by atoms with Crippen LogP contribution in [-0.4, -0.2) is 45.7 Å². The van der Waals surface area contributed by atoms with Crippen molar-refractivity contribution in [3.63, 3.8) is 0 Å². The molecule has 0 aliphatic carbocycles. The zero-order valence-electron chi connectivity index (χ0n) is 15.2. The van der Waals surface area contributed by atoms with E-state index in [-0.39, 0.29) is 17.3 Å². The van der Waals surface area contributed by atoms with Crippen LogP contribution in [-0.2, 0) is 21.2 Å². The summed E-state index contributed by atoms with van der Waals surface area (Å²) in [7, 11) is -1.57. The second-order valence-corrected chi connectivity index (χ2v) is 8.05. The third-order valence-electron chi connectivity index (χ3n) is 3.66. The fourth-order valence-corrected chi connectivity index (χ4v) is 3.40. The van der Waals surface area contributed by atoms with Crippen LogP contribution < -0.4 is 10.1 Å². The zero-order chi connectivity index (χ0) is 19.2.